The predicted octanol–water partition coefficient (Wildman–Crippen LogP) is 2.45. The van der Waals surface area contributed by atoms with Gasteiger partial charge in [0.05, 0.1) is 26.3 Å². The first-order chi connectivity index (χ1) is 11.6. The third-order valence-electron chi connectivity index (χ3n) is 3.91. The molecule has 0 radical (unpaired) electrons. The van der Waals surface area contributed by atoms with Crippen LogP contribution in [0.4, 0.5) is 11.4 Å². The zero-order valence-corrected chi connectivity index (χ0v) is 13.5. The molecule has 2 amide bonds. The van der Waals surface area contributed by atoms with Crippen molar-refractivity contribution in [3.63, 3.8) is 0 Å². The Balaban J connectivity index is 1.75. The molecule has 0 saturated carbocycles. The van der Waals surface area contributed by atoms with Gasteiger partial charge in [0, 0.05) is 5.69 Å². The van der Waals surface area contributed by atoms with E-state index in [4.69, 9.17) is 9.47 Å². The van der Waals surface area contributed by atoms with Gasteiger partial charge in [-0.1, -0.05) is 0 Å². The lowest BCUT2D eigenvalue weighted by Crippen LogP contribution is -2.34. The topological polar surface area (TPSA) is 67.9 Å². The SMILES string of the molecule is COc1ccc(N[C@@H]2CC(=O)N(c3ccc(OC)cc3)C2=O)cc1. The van der Waals surface area contributed by atoms with Gasteiger partial charge in [0.25, 0.3) is 5.91 Å². The largest absolute Gasteiger partial charge is 0.497 e. The summed E-state index contributed by atoms with van der Waals surface area (Å²) in [6.07, 6.45) is 0.122. The van der Waals surface area contributed by atoms with Crippen molar-refractivity contribution in [2.45, 2.75) is 12.5 Å². The number of nitrogens with zero attached hydrogens (tertiary/aromatic N) is 1. The van der Waals surface area contributed by atoms with E-state index in [0.29, 0.717) is 11.4 Å². The van der Waals surface area contributed by atoms with Crippen molar-refractivity contribution < 1.29 is 19.1 Å². The van der Waals surface area contributed by atoms with Gasteiger partial charge in [-0.05, 0) is 48.5 Å². The fourth-order valence-electron chi connectivity index (χ4n) is 2.64. The molecule has 1 heterocycles. The van der Waals surface area contributed by atoms with Crippen LogP contribution < -0.4 is 19.7 Å². The van der Waals surface area contributed by atoms with Gasteiger partial charge < -0.3 is 14.8 Å². The minimum absolute atomic E-state index is 0.122. The predicted molar refractivity (Wildman–Crippen MR) is 90.5 cm³/mol. The van der Waals surface area contributed by atoms with E-state index in [1.165, 1.54) is 4.90 Å². The van der Waals surface area contributed by atoms with Crippen molar-refractivity contribution in [2.75, 3.05) is 24.4 Å². The highest BCUT2D eigenvalue weighted by Crippen LogP contribution is 2.27. The standard InChI is InChI=1S/C18H18N2O4/c1-23-14-7-3-12(4-8-14)19-16-11-17(21)20(18(16)22)13-5-9-15(24-2)10-6-13/h3-10,16,19H,11H2,1-2H3/t16-/m1/s1. The molecule has 0 unspecified atom stereocenters. The van der Waals surface area contributed by atoms with Gasteiger partial charge in [-0.15, -0.1) is 0 Å². The van der Waals surface area contributed by atoms with Crippen molar-refractivity contribution in [2.24, 2.45) is 0 Å². The minimum Gasteiger partial charge on any atom is -0.497 e. The second-order valence-corrected chi connectivity index (χ2v) is 5.39. The number of benzene rings is 2. The number of amides is 2. The number of hydrogen-bond acceptors (Lipinski definition) is 5. The summed E-state index contributed by atoms with van der Waals surface area (Å²) in [5, 5.41) is 3.10. The van der Waals surface area contributed by atoms with Crippen LogP contribution in [-0.4, -0.2) is 32.1 Å². The van der Waals surface area contributed by atoms with E-state index in [2.05, 4.69) is 5.32 Å². The van der Waals surface area contributed by atoms with Crippen LogP contribution >= 0.6 is 0 Å². The Morgan fingerprint density at radius 3 is 2.00 bits per heavy atom. The second-order valence-electron chi connectivity index (χ2n) is 5.39. The quantitative estimate of drug-likeness (QED) is 0.855. The molecule has 0 spiro atoms. The maximum atomic E-state index is 12.6. The monoisotopic (exact) mass is 326 g/mol. The van der Waals surface area contributed by atoms with Crippen LogP contribution in [0, 0.1) is 0 Å². The number of imide groups is 1. The van der Waals surface area contributed by atoms with E-state index in [9.17, 15) is 9.59 Å². The van der Waals surface area contributed by atoms with Crippen LogP contribution in [0.25, 0.3) is 0 Å². The van der Waals surface area contributed by atoms with E-state index in [1.54, 1.807) is 50.6 Å². The zero-order valence-electron chi connectivity index (χ0n) is 13.5. The Bertz CT molecular complexity index is 741. The Morgan fingerprint density at radius 2 is 1.46 bits per heavy atom. The molecule has 0 aromatic heterocycles. The first kappa shape index (κ1) is 15.9. The van der Waals surface area contributed by atoms with E-state index in [0.717, 1.165) is 11.4 Å². The van der Waals surface area contributed by atoms with Crippen molar-refractivity contribution in [3.05, 3.63) is 48.5 Å². The number of hydrogen-bond donors (Lipinski definition) is 1. The first-order valence-corrected chi connectivity index (χ1v) is 7.54. The number of carbonyl (C=O) groups is 2. The molecule has 0 aliphatic carbocycles. The normalized spacial score (nSPS) is 17.1. The molecule has 1 saturated heterocycles. The summed E-state index contributed by atoms with van der Waals surface area (Å²) in [5.41, 5.74) is 1.31. The van der Waals surface area contributed by atoms with Gasteiger partial charge in [-0.25, -0.2) is 4.90 Å². The van der Waals surface area contributed by atoms with Crippen LogP contribution in [0.1, 0.15) is 6.42 Å². The fourth-order valence-corrected chi connectivity index (χ4v) is 2.64. The summed E-state index contributed by atoms with van der Waals surface area (Å²) in [5.74, 6) is 0.914. The summed E-state index contributed by atoms with van der Waals surface area (Å²) < 4.78 is 10.2. The van der Waals surface area contributed by atoms with Crippen molar-refractivity contribution in [1.82, 2.24) is 0 Å². The summed E-state index contributed by atoms with van der Waals surface area (Å²) >= 11 is 0. The molecule has 24 heavy (non-hydrogen) atoms. The number of rotatable bonds is 5. The number of nitrogens with one attached hydrogen (secondary N) is 1. The molecule has 0 bridgehead atoms. The maximum Gasteiger partial charge on any atom is 0.256 e. The molecule has 6 nitrogen and oxygen atoms in total. The number of anilines is 2. The van der Waals surface area contributed by atoms with Gasteiger partial charge >= 0.3 is 0 Å². The molecule has 1 fully saturated rings. The smallest absolute Gasteiger partial charge is 0.256 e. The van der Waals surface area contributed by atoms with Crippen LogP contribution in [0.3, 0.4) is 0 Å². The molecule has 3 rings (SSSR count). The molecule has 6 heteroatoms. The third-order valence-corrected chi connectivity index (χ3v) is 3.91. The molecule has 1 N–H and O–H groups in total. The third kappa shape index (κ3) is 3.03. The molecule has 2 aromatic rings. The molecule has 2 aromatic carbocycles. The highest BCUT2D eigenvalue weighted by molar-refractivity contribution is 6.23. The average molecular weight is 326 g/mol. The number of methoxy groups -OCH3 is 2. The Morgan fingerprint density at radius 1 is 0.917 bits per heavy atom. The lowest BCUT2D eigenvalue weighted by Gasteiger charge is -2.16. The zero-order chi connectivity index (χ0) is 17.1. The van der Waals surface area contributed by atoms with E-state index >= 15 is 0 Å². The lowest BCUT2D eigenvalue weighted by molar-refractivity contribution is -0.121. The van der Waals surface area contributed by atoms with Crippen LogP contribution in [-0.2, 0) is 9.59 Å². The molecule has 1 aliphatic heterocycles. The second kappa shape index (κ2) is 6.62. The summed E-state index contributed by atoms with van der Waals surface area (Å²) in [6, 6.07) is 13.5. The van der Waals surface area contributed by atoms with Crippen molar-refractivity contribution in [1.29, 1.82) is 0 Å². The summed E-state index contributed by atoms with van der Waals surface area (Å²) in [4.78, 5) is 26.0. The number of ether oxygens (including phenoxy) is 2. The number of carbonyl (C=O) groups excluding carboxylic acids is 2. The van der Waals surface area contributed by atoms with E-state index in [1.807, 2.05) is 12.1 Å². The van der Waals surface area contributed by atoms with Crippen LogP contribution in [0.2, 0.25) is 0 Å². The van der Waals surface area contributed by atoms with Crippen LogP contribution in [0.15, 0.2) is 48.5 Å². The maximum absolute atomic E-state index is 12.6. The summed E-state index contributed by atoms with van der Waals surface area (Å²) in [6.45, 7) is 0. The Labute approximate surface area is 140 Å². The van der Waals surface area contributed by atoms with Crippen LogP contribution in [0.5, 0.6) is 11.5 Å². The fraction of sp³-hybridized carbons (Fsp3) is 0.222. The van der Waals surface area contributed by atoms with Gasteiger partial charge in [0.15, 0.2) is 0 Å². The Kier molecular flexibility index (Phi) is 4.37. The molecular weight excluding hydrogens is 308 g/mol. The highest BCUT2D eigenvalue weighted by Gasteiger charge is 2.39. The average Bonchev–Trinajstić information content (AvgIpc) is 2.89. The molecule has 1 atom stereocenters. The van der Waals surface area contributed by atoms with Gasteiger partial charge in [0.2, 0.25) is 5.91 Å². The van der Waals surface area contributed by atoms with E-state index < -0.39 is 6.04 Å². The molecule has 1 aliphatic rings. The van der Waals surface area contributed by atoms with Gasteiger partial charge in [-0.2, -0.15) is 0 Å². The Hall–Kier alpha value is -3.02. The lowest BCUT2D eigenvalue weighted by atomic mass is 10.2. The van der Waals surface area contributed by atoms with Crippen molar-refractivity contribution in [3.8, 4) is 11.5 Å². The van der Waals surface area contributed by atoms with Gasteiger partial charge in [-0.3, -0.25) is 9.59 Å². The molecular formula is C18H18N2O4. The molecule has 124 valence electrons. The van der Waals surface area contributed by atoms with Crippen molar-refractivity contribution >= 4 is 23.2 Å². The van der Waals surface area contributed by atoms with Gasteiger partial charge in [0.1, 0.15) is 17.5 Å². The summed E-state index contributed by atoms with van der Waals surface area (Å²) in [7, 11) is 3.16. The van der Waals surface area contributed by atoms with E-state index in [-0.39, 0.29) is 18.2 Å². The minimum atomic E-state index is -0.576. The highest BCUT2D eigenvalue weighted by atomic mass is 16.5. The first-order valence-electron chi connectivity index (χ1n) is 7.54.